The summed E-state index contributed by atoms with van der Waals surface area (Å²) in [4.78, 5) is 41.1. The summed E-state index contributed by atoms with van der Waals surface area (Å²) in [6.07, 6.45) is 0.745. The van der Waals surface area contributed by atoms with Crippen molar-refractivity contribution in [3.05, 3.63) is 57.4 Å². The number of amides is 1. The summed E-state index contributed by atoms with van der Waals surface area (Å²) in [5, 5.41) is 0.351. The number of ketones is 1. The molecule has 0 unspecified atom stereocenters. The van der Waals surface area contributed by atoms with Gasteiger partial charge in [0.1, 0.15) is 5.69 Å². The number of rotatable bonds is 9. The van der Waals surface area contributed by atoms with Crippen molar-refractivity contribution in [2.75, 3.05) is 13.7 Å². The van der Waals surface area contributed by atoms with E-state index >= 15 is 0 Å². The van der Waals surface area contributed by atoms with Crippen molar-refractivity contribution >= 4 is 29.3 Å². The van der Waals surface area contributed by atoms with Gasteiger partial charge in [-0.25, -0.2) is 4.79 Å². The van der Waals surface area contributed by atoms with Gasteiger partial charge in [-0.2, -0.15) is 0 Å². The van der Waals surface area contributed by atoms with Crippen LogP contribution in [0.3, 0.4) is 0 Å². The van der Waals surface area contributed by atoms with Crippen LogP contribution < -0.4 is 0 Å². The molecule has 0 radical (unpaired) electrons. The van der Waals surface area contributed by atoms with Crippen molar-refractivity contribution in [2.24, 2.45) is 5.92 Å². The molecule has 0 saturated carbocycles. The summed E-state index contributed by atoms with van der Waals surface area (Å²) in [5.74, 6) is -0.616. The largest absolute Gasteiger partial charge is 0.464 e. The minimum atomic E-state index is -0.729. The van der Waals surface area contributed by atoms with Gasteiger partial charge in [-0.05, 0) is 57.7 Å². The van der Waals surface area contributed by atoms with Gasteiger partial charge in [-0.15, -0.1) is 0 Å². The average Bonchev–Trinajstić information content (AvgIpc) is 3.01. The fraction of sp³-hybridized carbons (Fsp3) is 0.480. The molecule has 0 spiro atoms. The van der Waals surface area contributed by atoms with E-state index in [-0.39, 0.29) is 11.7 Å². The highest BCUT2D eigenvalue weighted by Gasteiger charge is 2.33. The standard InChI is InChI=1S/C25H33ClN2O4/c1-8-27-17(5)21(16(4)22(27)25(31)32-7)23(29)18(6)28(14-13-15(2)3)24(30)19-11-9-10-12-20(19)26/h9-12,15,18H,8,13-14H2,1-7H3/t18-/m1/s1. The van der Waals surface area contributed by atoms with Crippen LogP contribution >= 0.6 is 11.6 Å². The van der Waals surface area contributed by atoms with E-state index in [0.717, 1.165) is 6.42 Å². The number of ether oxygens (including phenoxy) is 1. The van der Waals surface area contributed by atoms with Crippen LogP contribution in [-0.2, 0) is 11.3 Å². The van der Waals surface area contributed by atoms with Gasteiger partial charge in [0.15, 0.2) is 5.78 Å². The van der Waals surface area contributed by atoms with Gasteiger partial charge < -0.3 is 14.2 Å². The summed E-state index contributed by atoms with van der Waals surface area (Å²) in [7, 11) is 1.32. The van der Waals surface area contributed by atoms with E-state index in [1.54, 1.807) is 47.6 Å². The van der Waals surface area contributed by atoms with Crippen LogP contribution in [0.4, 0.5) is 0 Å². The minimum Gasteiger partial charge on any atom is -0.464 e. The highest BCUT2D eigenvalue weighted by atomic mass is 35.5. The number of hydrogen-bond donors (Lipinski definition) is 0. The van der Waals surface area contributed by atoms with Crippen molar-refractivity contribution in [1.29, 1.82) is 0 Å². The third kappa shape index (κ3) is 5.07. The number of Topliss-reactive ketones (excluding diaryl/α,β-unsaturated/α-hetero) is 1. The normalized spacial score (nSPS) is 12.0. The molecular weight excluding hydrogens is 428 g/mol. The molecule has 1 atom stereocenters. The number of hydrogen-bond acceptors (Lipinski definition) is 4. The lowest BCUT2D eigenvalue weighted by atomic mass is 9.98. The van der Waals surface area contributed by atoms with E-state index < -0.39 is 12.0 Å². The van der Waals surface area contributed by atoms with E-state index in [1.165, 1.54) is 7.11 Å². The highest BCUT2D eigenvalue weighted by Crippen LogP contribution is 2.27. The summed E-state index contributed by atoms with van der Waals surface area (Å²) < 4.78 is 6.73. The first kappa shape index (κ1) is 25.7. The van der Waals surface area contributed by atoms with Gasteiger partial charge in [0.05, 0.1) is 23.7 Å². The number of benzene rings is 1. The minimum absolute atomic E-state index is 0.207. The maximum absolute atomic E-state index is 13.7. The first-order valence-electron chi connectivity index (χ1n) is 10.9. The number of carbonyl (C=O) groups excluding carboxylic acids is 3. The highest BCUT2D eigenvalue weighted by molar-refractivity contribution is 6.33. The molecule has 0 aliphatic carbocycles. The lowest BCUT2D eigenvalue weighted by Crippen LogP contribution is -2.44. The predicted molar refractivity (Wildman–Crippen MR) is 127 cm³/mol. The first-order valence-corrected chi connectivity index (χ1v) is 11.3. The SMILES string of the molecule is CCn1c(C)c(C(=O)[C@@H](C)N(CCC(C)C)C(=O)c2ccccc2Cl)c(C)c1C(=O)OC. The van der Waals surface area contributed by atoms with Crippen LogP contribution in [0.1, 0.15) is 76.6 Å². The molecule has 2 aromatic rings. The molecule has 0 aliphatic rings. The Balaban J connectivity index is 2.52. The Kier molecular flexibility index (Phi) is 8.67. The molecular formula is C25H33ClN2O4. The molecule has 1 aromatic heterocycles. The fourth-order valence-electron chi connectivity index (χ4n) is 4.02. The maximum atomic E-state index is 13.7. The van der Waals surface area contributed by atoms with Crippen molar-refractivity contribution in [1.82, 2.24) is 9.47 Å². The Morgan fingerprint density at radius 1 is 1.12 bits per heavy atom. The summed E-state index contributed by atoms with van der Waals surface area (Å²) >= 11 is 6.28. The van der Waals surface area contributed by atoms with Crippen LogP contribution in [0.15, 0.2) is 24.3 Å². The summed E-state index contributed by atoms with van der Waals surface area (Å²) in [6.45, 7) is 12.3. The molecule has 6 nitrogen and oxygen atoms in total. The van der Waals surface area contributed by atoms with Crippen LogP contribution in [0.2, 0.25) is 5.02 Å². The molecule has 0 N–H and O–H groups in total. The van der Waals surface area contributed by atoms with Gasteiger partial charge in [0.25, 0.3) is 5.91 Å². The number of esters is 1. The Labute approximate surface area is 195 Å². The first-order chi connectivity index (χ1) is 15.1. The molecule has 174 valence electrons. The van der Waals surface area contributed by atoms with E-state index in [9.17, 15) is 14.4 Å². The topological polar surface area (TPSA) is 68.6 Å². The van der Waals surface area contributed by atoms with Gasteiger partial charge >= 0.3 is 5.97 Å². The number of halogens is 1. The summed E-state index contributed by atoms with van der Waals surface area (Å²) in [5.41, 5.74) is 2.46. The van der Waals surface area contributed by atoms with E-state index in [1.807, 2.05) is 13.8 Å². The second-order valence-corrected chi connectivity index (χ2v) is 8.78. The van der Waals surface area contributed by atoms with Gasteiger partial charge in [0.2, 0.25) is 0 Å². The Morgan fingerprint density at radius 2 is 1.75 bits per heavy atom. The van der Waals surface area contributed by atoms with Crippen molar-refractivity contribution < 1.29 is 19.1 Å². The van der Waals surface area contributed by atoms with E-state index in [2.05, 4.69) is 13.8 Å². The lowest BCUT2D eigenvalue weighted by Gasteiger charge is -2.30. The quantitative estimate of drug-likeness (QED) is 0.375. The molecule has 7 heteroatoms. The van der Waals surface area contributed by atoms with Crippen molar-refractivity contribution in [2.45, 2.75) is 60.5 Å². The Bertz CT molecular complexity index is 1010. The molecule has 0 fully saturated rings. The maximum Gasteiger partial charge on any atom is 0.354 e. The van der Waals surface area contributed by atoms with E-state index in [0.29, 0.717) is 52.1 Å². The van der Waals surface area contributed by atoms with Crippen molar-refractivity contribution in [3.8, 4) is 0 Å². The summed E-state index contributed by atoms with van der Waals surface area (Å²) in [6, 6.07) is 6.13. The molecule has 1 heterocycles. The third-order valence-electron chi connectivity index (χ3n) is 5.87. The lowest BCUT2D eigenvalue weighted by molar-refractivity contribution is 0.0586. The number of carbonyl (C=O) groups is 3. The van der Waals surface area contributed by atoms with Gasteiger partial charge in [0, 0.05) is 24.3 Å². The number of nitrogens with zero attached hydrogens (tertiary/aromatic N) is 2. The van der Waals surface area contributed by atoms with Crippen molar-refractivity contribution in [3.63, 3.8) is 0 Å². The third-order valence-corrected chi connectivity index (χ3v) is 6.20. The molecule has 0 bridgehead atoms. The average molecular weight is 461 g/mol. The molecule has 32 heavy (non-hydrogen) atoms. The van der Waals surface area contributed by atoms with Crippen LogP contribution in [-0.4, -0.2) is 46.8 Å². The Hall–Kier alpha value is -2.60. The second kappa shape index (κ2) is 10.8. The number of methoxy groups -OCH3 is 1. The fourth-order valence-corrected chi connectivity index (χ4v) is 4.24. The zero-order chi connectivity index (χ0) is 24.2. The van der Waals surface area contributed by atoms with Gasteiger partial charge in [-0.1, -0.05) is 37.6 Å². The second-order valence-electron chi connectivity index (χ2n) is 8.37. The predicted octanol–water partition coefficient (Wildman–Crippen LogP) is 5.32. The van der Waals surface area contributed by atoms with E-state index in [4.69, 9.17) is 16.3 Å². The van der Waals surface area contributed by atoms with Gasteiger partial charge in [-0.3, -0.25) is 9.59 Å². The number of aromatic nitrogens is 1. The monoisotopic (exact) mass is 460 g/mol. The molecule has 1 aromatic carbocycles. The zero-order valence-corrected chi connectivity index (χ0v) is 20.7. The molecule has 0 aliphatic heterocycles. The van der Waals surface area contributed by atoms with Crippen LogP contribution in [0, 0.1) is 19.8 Å². The van der Waals surface area contributed by atoms with Crippen LogP contribution in [0.5, 0.6) is 0 Å². The molecule has 0 saturated heterocycles. The zero-order valence-electron chi connectivity index (χ0n) is 20.0. The molecule has 1 amide bonds. The van der Waals surface area contributed by atoms with Crippen LogP contribution in [0.25, 0.3) is 0 Å². The Morgan fingerprint density at radius 3 is 2.28 bits per heavy atom. The smallest absolute Gasteiger partial charge is 0.354 e. The molecule has 2 rings (SSSR count).